The van der Waals surface area contributed by atoms with E-state index in [0.29, 0.717) is 17.7 Å². The fourth-order valence-electron chi connectivity index (χ4n) is 4.49. The summed E-state index contributed by atoms with van der Waals surface area (Å²) >= 11 is 0. The number of benzene rings is 2. The van der Waals surface area contributed by atoms with E-state index in [9.17, 15) is 14.4 Å². The van der Waals surface area contributed by atoms with Crippen molar-refractivity contribution in [1.82, 2.24) is 15.1 Å². The number of likely N-dealkylation sites (tertiary alicyclic amines) is 1. The van der Waals surface area contributed by atoms with Crippen LogP contribution >= 0.6 is 0 Å². The van der Waals surface area contributed by atoms with Crippen LogP contribution < -0.4 is 5.32 Å². The molecule has 4 rings (SSSR count). The molecule has 0 radical (unpaired) electrons. The van der Waals surface area contributed by atoms with Crippen LogP contribution in [-0.4, -0.2) is 47.2 Å². The average molecular weight is 420 g/mol. The Morgan fingerprint density at radius 2 is 1.65 bits per heavy atom. The van der Waals surface area contributed by atoms with Gasteiger partial charge in [-0.15, -0.1) is 0 Å². The Hall–Kier alpha value is -2.99. The summed E-state index contributed by atoms with van der Waals surface area (Å²) in [7, 11) is 0. The van der Waals surface area contributed by atoms with Gasteiger partial charge in [0.25, 0.3) is 11.8 Å². The largest absolute Gasteiger partial charge is 0.352 e. The molecule has 1 unspecified atom stereocenters. The first-order valence-corrected chi connectivity index (χ1v) is 11.0. The minimum atomic E-state index is -0.325. The standard InChI is InChI=1S/C25H29N3O3/c1-18-7-6-13-27(16-18)17-20-9-3-2-8-19(20)15-26-23(29)12-14-28-24(30)21-10-4-5-11-22(21)25(28)31/h2-5,8-11,18H,6-7,12-17H2,1H3,(H,26,29). The molecule has 2 aromatic rings. The summed E-state index contributed by atoms with van der Waals surface area (Å²) < 4.78 is 0. The van der Waals surface area contributed by atoms with E-state index in [0.717, 1.165) is 36.0 Å². The summed E-state index contributed by atoms with van der Waals surface area (Å²) in [5.74, 6) is -0.0928. The number of carbonyl (C=O) groups excluding carboxylic acids is 3. The van der Waals surface area contributed by atoms with Crippen LogP contribution in [0, 0.1) is 5.92 Å². The van der Waals surface area contributed by atoms with Gasteiger partial charge in [-0.05, 0) is 48.6 Å². The molecular weight excluding hydrogens is 390 g/mol. The molecule has 1 N–H and O–H groups in total. The molecular formula is C25H29N3O3. The van der Waals surface area contributed by atoms with Crippen molar-refractivity contribution in [2.24, 2.45) is 5.92 Å². The maximum Gasteiger partial charge on any atom is 0.261 e. The molecule has 1 saturated heterocycles. The second-order valence-corrected chi connectivity index (χ2v) is 8.59. The maximum atomic E-state index is 12.4. The summed E-state index contributed by atoms with van der Waals surface area (Å²) in [6, 6.07) is 15.0. The van der Waals surface area contributed by atoms with E-state index in [1.807, 2.05) is 18.2 Å². The molecule has 0 spiro atoms. The third-order valence-electron chi connectivity index (χ3n) is 6.17. The first-order chi connectivity index (χ1) is 15.0. The molecule has 162 valence electrons. The lowest BCUT2D eigenvalue weighted by molar-refractivity contribution is -0.121. The molecule has 0 aromatic heterocycles. The number of rotatable bonds is 7. The molecule has 3 amide bonds. The lowest BCUT2D eigenvalue weighted by atomic mass is 9.99. The summed E-state index contributed by atoms with van der Waals surface area (Å²) in [6.07, 6.45) is 2.62. The normalized spacial score (nSPS) is 18.9. The predicted molar refractivity (Wildman–Crippen MR) is 118 cm³/mol. The van der Waals surface area contributed by atoms with Crippen LogP contribution in [0.4, 0.5) is 0 Å². The second kappa shape index (κ2) is 9.43. The van der Waals surface area contributed by atoms with Crippen LogP contribution in [0.15, 0.2) is 48.5 Å². The van der Waals surface area contributed by atoms with Crippen molar-refractivity contribution < 1.29 is 14.4 Å². The van der Waals surface area contributed by atoms with Crippen LogP contribution in [0.25, 0.3) is 0 Å². The quantitative estimate of drug-likeness (QED) is 0.700. The van der Waals surface area contributed by atoms with Gasteiger partial charge in [0.15, 0.2) is 0 Å². The number of nitrogens with one attached hydrogen (secondary N) is 1. The van der Waals surface area contributed by atoms with E-state index < -0.39 is 0 Å². The zero-order valence-electron chi connectivity index (χ0n) is 18.0. The highest BCUT2D eigenvalue weighted by molar-refractivity contribution is 6.21. The number of fused-ring (bicyclic) bond motifs is 1. The van der Waals surface area contributed by atoms with Crippen molar-refractivity contribution >= 4 is 17.7 Å². The van der Waals surface area contributed by atoms with Gasteiger partial charge >= 0.3 is 0 Å². The number of amides is 3. The fourth-order valence-corrected chi connectivity index (χ4v) is 4.49. The maximum absolute atomic E-state index is 12.4. The van der Waals surface area contributed by atoms with E-state index in [4.69, 9.17) is 0 Å². The molecule has 6 heteroatoms. The van der Waals surface area contributed by atoms with Gasteiger partial charge < -0.3 is 5.32 Å². The molecule has 1 fully saturated rings. The second-order valence-electron chi connectivity index (χ2n) is 8.59. The monoisotopic (exact) mass is 419 g/mol. The highest BCUT2D eigenvalue weighted by Crippen LogP contribution is 2.22. The van der Waals surface area contributed by atoms with E-state index >= 15 is 0 Å². The molecule has 2 heterocycles. The zero-order chi connectivity index (χ0) is 21.8. The Kier molecular flexibility index (Phi) is 6.47. The van der Waals surface area contributed by atoms with Crippen LogP contribution in [0.1, 0.15) is 58.0 Å². The summed E-state index contributed by atoms with van der Waals surface area (Å²) in [4.78, 5) is 40.9. The number of imide groups is 1. The Bertz CT molecular complexity index is 952. The van der Waals surface area contributed by atoms with Crippen LogP contribution in [0.5, 0.6) is 0 Å². The predicted octanol–water partition coefficient (Wildman–Crippen LogP) is 3.22. The van der Waals surface area contributed by atoms with Gasteiger partial charge in [0.1, 0.15) is 0 Å². The number of hydrogen-bond acceptors (Lipinski definition) is 4. The molecule has 6 nitrogen and oxygen atoms in total. The molecule has 1 atom stereocenters. The Balaban J connectivity index is 1.30. The fraction of sp³-hybridized carbons (Fsp3) is 0.400. The van der Waals surface area contributed by atoms with E-state index in [2.05, 4.69) is 23.2 Å². The van der Waals surface area contributed by atoms with Gasteiger partial charge in [0.2, 0.25) is 5.91 Å². The summed E-state index contributed by atoms with van der Waals surface area (Å²) in [5.41, 5.74) is 3.16. The van der Waals surface area contributed by atoms with Crippen molar-refractivity contribution in [2.75, 3.05) is 19.6 Å². The Labute approximate surface area is 183 Å². The Morgan fingerprint density at radius 3 is 2.32 bits per heavy atom. The lowest BCUT2D eigenvalue weighted by Crippen LogP contribution is -2.35. The van der Waals surface area contributed by atoms with Crippen molar-refractivity contribution in [3.05, 3.63) is 70.8 Å². The van der Waals surface area contributed by atoms with Gasteiger partial charge in [-0.25, -0.2) is 0 Å². The van der Waals surface area contributed by atoms with Gasteiger partial charge in [0.05, 0.1) is 11.1 Å². The topological polar surface area (TPSA) is 69.7 Å². The van der Waals surface area contributed by atoms with Gasteiger partial charge in [-0.1, -0.05) is 43.3 Å². The van der Waals surface area contributed by atoms with Gasteiger partial charge in [-0.2, -0.15) is 0 Å². The molecule has 0 bridgehead atoms. The molecule has 0 aliphatic carbocycles. The van der Waals surface area contributed by atoms with E-state index in [1.165, 1.54) is 18.4 Å². The van der Waals surface area contributed by atoms with Crippen molar-refractivity contribution in [3.63, 3.8) is 0 Å². The first-order valence-electron chi connectivity index (χ1n) is 11.0. The number of carbonyl (C=O) groups is 3. The molecule has 31 heavy (non-hydrogen) atoms. The number of piperidine rings is 1. The first kappa shape index (κ1) is 21.2. The Morgan fingerprint density at radius 1 is 1.00 bits per heavy atom. The van der Waals surface area contributed by atoms with E-state index in [-0.39, 0.29) is 30.7 Å². The van der Waals surface area contributed by atoms with E-state index in [1.54, 1.807) is 24.3 Å². The minimum Gasteiger partial charge on any atom is -0.352 e. The zero-order valence-corrected chi connectivity index (χ0v) is 18.0. The highest BCUT2D eigenvalue weighted by atomic mass is 16.2. The van der Waals surface area contributed by atoms with Gasteiger partial charge in [-0.3, -0.25) is 24.2 Å². The molecule has 0 saturated carbocycles. The van der Waals surface area contributed by atoms with Gasteiger partial charge in [0, 0.05) is 32.6 Å². The minimum absolute atomic E-state index is 0.0888. The number of hydrogen-bond donors (Lipinski definition) is 1. The average Bonchev–Trinajstić information content (AvgIpc) is 3.02. The molecule has 2 aromatic carbocycles. The third kappa shape index (κ3) is 4.85. The lowest BCUT2D eigenvalue weighted by Gasteiger charge is -2.31. The summed E-state index contributed by atoms with van der Waals surface area (Å²) in [6.45, 7) is 5.95. The van der Waals surface area contributed by atoms with Crippen molar-refractivity contribution in [1.29, 1.82) is 0 Å². The smallest absolute Gasteiger partial charge is 0.261 e. The number of nitrogens with zero attached hydrogens (tertiary/aromatic N) is 2. The van der Waals surface area contributed by atoms with Crippen molar-refractivity contribution in [2.45, 2.75) is 39.3 Å². The molecule has 2 aliphatic rings. The van der Waals surface area contributed by atoms with Crippen LogP contribution in [-0.2, 0) is 17.9 Å². The highest BCUT2D eigenvalue weighted by Gasteiger charge is 2.34. The molecule has 2 aliphatic heterocycles. The van der Waals surface area contributed by atoms with Crippen LogP contribution in [0.3, 0.4) is 0 Å². The third-order valence-corrected chi connectivity index (χ3v) is 6.17. The summed E-state index contributed by atoms with van der Waals surface area (Å²) in [5, 5.41) is 2.95. The van der Waals surface area contributed by atoms with Crippen molar-refractivity contribution in [3.8, 4) is 0 Å². The SMILES string of the molecule is CC1CCCN(Cc2ccccc2CNC(=O)CCN2C(=O)c3ccccc3C2=O)C1. The van der Waals surface area contributed by atoms with Crippen LogP contribution in [0.2, 0.25) is 0 Å².